The van der Waals surface area contributed by atoms with Gasteiger partial charge in [0.2, 0.25) is 0 Å². The highest BCUT2D eigenvalue weighted by molar-refractivity contribution is 7.98. The van der Waals surface area contributed by atoms with Crippen LogP contribution in [0.25, 0.3) is 0 Å². The molecule has 1 aromatic rings. The molecule has 0 bridgehead atoms. The number of benzene rings is 1. The Hall–Kier alpha value is -1.03. The van der Waals surface area contributed by atoms with E-state index in [1.807, 2.05) is 6.26 Å². The summed E-state index contributed by atoms with van der Waals surface area (Å²) < 4.78 is 18.7. The van der Waals surface area contributed by atoms with Gasteiger partial charge in [0.15, 0.2) is 17.3 Å². The average molecular weight is 242 g/mol. The van der Waals surface area contributed by atoms with Crippen molar-refractivity contribution in [2.75, 3.05) is 18.6 Å². The van der Waals surface area contributed by atoms with Crippen LogP contribution < -0.4 is 4.74 Å². The summed E-state index contributed by atoms with van der Waals surface area (Å²) in [6.07, 6.45) is 2.90. The molecule has 0 aliphatic heterocycles. The van der Waals surface area contributed by atoms with E-state index in [2.05, 4.69) is 0 Å². The fraction of sp³-hybridized carbons (Fsp3) is 0.417. The van der Waals surface area contributed by atoms with Gasteiger partial charge in [-0.05, 0) is 43.6 Å². The zero-order valence-corrected chi connectivity index (χ0v) is 10.3. The van der Waals surface area contributed by atoms with E-state index in [9.17, 15) is 9.18 Å². The Morgan fingerprint density at radius 3 is 2.81 bits per heavy atom. The molecular weight excluding hydrogens is 227 g/mol. The number of hydrogen-bond donors (Lipinski definition) is 0. The maximum atomic E-state index is 13.4. The first-order valence-corrected chi connectivity index (χ1v) is 6.46. The number of carbonyl (C=O) groups is 1. The number of ketones is 1. The van der Waals surface area contributed by atoms with E-state index < -0.39 is 5.82 Å². The van der Waals surface area contributed by atoms with Gasteiger partial charge in [-0.3, -0.25) is 4.79 Å². The molecule has 0 unspecified atom stereocenters. The molecule has 0 saturated carbocycles. The number of carbonyl (C=O) groups excluding carboxylic acids is 1. The van der Waals surface area contributed by atoms with Crippen LogP contribution >= 0.6 is 11.8 Å². The lowest BCUT2D eigenvalue weighted by molar-refractivity contribution is 0.101. The van der Waals surface area contributed by atoms with Crippen molar-refractivity contribution in [1.29, 1.82) is 0 Å². The second-order valence-electron chi connectivity index (χ2n) is 3.40. The Kier molecular flexibility index (Phi) is 5.32. The summed E-state index contributed by atoms with van der Waals surface area (Å²) in [5.74, 6) is 0.587. The normalized spacial score (nSPS) is 10.2. The molecule has 0 aliphatic carbocycles. The van der Waals surface area contributed by atoms with Gasteiger partial charge in [-0.25, -0.2) is 4.39 Å². The van der Waals surface area contributed by atoms with Crippen LogP contribution in [-0.2, 0) is 0 Å². The van der Waals surface area contributed by atoms with E-state index in [1.54, 1.807) is 17.8 Å². The van der Waals surface area contributed by atoms with E-state index in [-0.39, 0.29) is 11.5 Å². The van der Waals surface area contributed by atoms with Gasteiger partial charge >= 0.3 is 0 Å². The number of ether oxygens (including phenoxy) is 1. The molecule has 1 aromatic carbocycles. The Morgan fingerprint density at radius 2 is 2.25 bits per heavy atom. The van der Waals surface area contributed by atoms with Gasteiger partial charge in [0.25, 0.3) is 0 Å². The van der Waals surface area contributed by atoms with Crippen molar-refractivity contribution in [1.82, 2.24) is 0 Å². The first-order valence-electron chi connectivity index (χ1n) is 5.07. The van der Waals surface area contributed by atoms with Crippen LogP contribution in [0.5, 0.6) is 5.75 Å². The third-order valence-electron chi connectivity index (χ3n) is 2.09. The molecule has 88 valence electrons. The maximum Gasteiger partial charge on any atom is 0.165 e. The largest absolute Gasteiger partial charge is 0.490 e. The highest BCUT2D eigenvalue weighted by Gasteiger charge is 2.06. The predicted octanol–water partition coefficient (Wildman–Crippen LogP) is 3.16. The van der Waals surface area contributed by atoms with Gasteiger partial charge in [-0.15, -0.1) is 0 Å². The van der Waals surface area contributed by atoms with Crippen LogP contribution in [0.2, 0.25) is 0 Å². The van der Waals surface area contributed by atoms with Gasteiger partial charge < -0.3 is 4.74 Å². The molecular formula is C12H15FO2S. The summed E-state index contributed by atoms with van der Waals surface area (Å²) in [5.41, 5.74) is 0.369. The van der Waals surface area contributed by atoms with Crippen molar-refractivity contribution >= 4 is 17.5 Å². The molecule has 0 spiro atoms. The van der Waals surface area contributed by atoms with Crippen LogP contribution in [0.1, 0.15) is 23.7 Å². The SMILES string of the molecule is CSCCCOc1ccc(C(C)=O)cc1F. The highest BCUT2D eigenvalue weighted by Crippen LogP contribution is 2.18. The fourth-order valence-corrected chi connectivity index (χ4v) is 1.63. The number of rotatable bonds is 6. The molecule has 0 aromatic heterocycles. The Morgan fingerprint density at radius 1 is 1.50 bits per heavy atom. The van der Waals surface area contributed by atoms with Gasteiger partial charge in [0, 0.05) is 5.56 Å². The van der Waals surface area contributed by atoms with E-state index in [4.69, 9.17) is 4.74 Å². The standard InChI is InChI=1S/C12H15FO2S/c1-9(14)10-4-5-12(11(13)8-10)15-6-3-7-16-2/h4-5,8H,3,6-7H2,1-2H3. The van der Waals surface area contributed by atoms with Gasteiger partial charge in [0.05, 0.1) is 6.61 Å². The van der Waals surface area contributed by atoms with Crippen molar-refractivity contribution in [3.05, 3.63) is 29.6 Å². The lowest BCUT2D eigenvalue weighted by Gasteiger charge is -2.07. The molecule has 0 fully saturated rings. The molecule has 0 heterocycles. The van der Waals surface area contributed by atoms with Crippen molar-refractivity contribution in [3.8, 4) is 5.75 Å². The van der Waals surface area contributed by atoms with E-state index in [0.717, 1.165) is 12.2 Å². The number of halogens is 1. The number of thioether (sulfide) groups is 1. The smallest absolute Gasteiger partial charge is 0.165 e. The summed E-state index contributed by atoms with van der Waals surface area (Å²) in [6.45, 7) is 1.91. The predicted molar refractivity (Wildman–Crippen MR) is 64.9 cm³/mol. The molecule has 0 saturated heterocycles. The van der Waals surface area contributed by atoms with E-state index >= 15 is 0 Å². The average Bonchev–Trinajstić information content (AvgIpc) is 2.26. The Bertz CT molecular complexity index is 366. The topological polar surface area (TPSA) is 26.3 Å². The second-order valence-corrected chi connectivity index (χ2v) is 4.38. The molecule has 2 nitrogen and oxygen atoms in total. The summed E-state index contributed by atoms with van der Waals surface area (Å²) in [5, 5.41) is 0. The lowest BCUT2D eigenvalue weighted by atomic mass is 10.1. The maximum absolute atomic E-state index is 13.4. The van der Waals surface area contributed by atoms with Crippen LogP contribution in [0.15, 0.2) is 18.2 Å². The lowest BCUT2D eigenvalue weighted by Crippen LogP contribution is -2.01. The number of hydrogen-bond acceptors (Lipinski definition) is 3. The Balaban J connectivity index is 2.57. The molecule has 1 rings (SSSR count). The minimum atomic E-state index is -0.475. The molecule has 0 radical (unpaired) electrons. The fourth-order valence-electron chi connectivity index (χ4n) is 1.22. The molecule has 0 amide bonds. The molecule has 4 heteroatoms. The van der Waals surface area contributed by atoms with Crippen molar-refractivity contribution < 1.29 is 13.9 Å². The molecule has 0 N–H and O–H groups in total. The zero-order chi connectivity index (χ0) is 12.0. The molecule has 0 aliphatic rings. The summed E-state index contributed by atoms with van der Waals surface area (Å²) in [6, 6.07) is 4.30. The van der Waals surface area contributed by atoms with E-state index in [1.165, 1.54) is 19.1 Å². The monoisotopic (exact) mass is 242 g/mol. The summed E-state index contributed by atoms with van der Waals surface area (Å²) in [4.78, 5) is 11.0. The minimum Gasteiger partial charge on any atom is -0.490 e. The highest BCUT2D eigenvalue weighted by atomic mass is 32.2. The third-order valence-corrected chi connectivity index (χ3v) is 2.79. The van der Waals surface area contributed by atoms with E-state index in [0.29, 0.717) is 12.2 Å². The van der Waals surface area contributed by atoms with Crippen LogP contribution in [0.3, 0.4) is 0 Å². The van der Waals surface area contributed by atoms with Crippen LogP contribution in [0, 0.1) is 5.82 Å². The van der Waals surface area contributed by atoms with Crippen molar-refractivity contribution in [2.45, 2.75) is 13.3 Å². The van der Waals surface area contributed by atoms with Gasteiger partial charge in [-0.2, -0.15) is 11.8 Å². The minimum absolute atomic E-state index is 0.146. The number of Topliss-reactive ketones (excluding diaryl/α,β-unsaturated/α-hetero) is 1. The van der Waals surface area contributed by atoms with Crippen LogP contribution in [-0.4, -0.2) is 24.4 Å². The van der Waals surface area contributed by atoms with Crippen LogP contribution in [0.4, 0.5) is 4.39 Å². The Labute approximate surface area is 99.2 Å². The van der Waals surface area contributed by atoms with Gasteiger partial charge in [0.1, 0.15) is 0 Å². The first-order chi connectivity index (χ1) is 7.65. The summed E-state index contributed by atoms with van der Waals surface area (Å²) in [7, 11) is 0. The molecule has 16 heavy (non-hydrogen) atoms. The van der Waals surface area contributed by atoms with Crippen molar-refractivity contribution in [2.24, 2.45) is 0 Å². The van der Waals surface area contributed by atoms with Gasteiger partial charge in [-0.1, -0.05) is 0 Å². The zero-order valence-electron chi connectivity index (χ0n) is 9.46. The van der Waals surface area contributed by atoms with Crippen molar-refractivity contribution in [3.63, 3.8) is 0 Å². The second kappa shape index (κ2) is 6.53. The molecule has 0 atom stereocenters. The summed E-state index contributed by atoms with van der Waals surface area (Å²) >= 11 is 1.73. The first kappa shape index (κ1) is 13.0. The quantitative estimate of drug-likeness (QED) is 0.566. The third kappa shape index (κ3) is 3.85.